The second kappa shape index (κ2) is 8.26. The van der Waals surface area contributed by atoms with Crippen LogP contribution in [0, 0.1) is 6.92 Å². The van der Waals surface area contributed by atoms with Crippen molar-refractivity contribution in [3.05, 3.63) is 59.7 Å². The summed E-state index contributed by atoms with van der Waals surface area (Å²) < 4.78 is 1.43. The molecule has 0 saturated carbocycles. The highest BCUT2D eigenvalue weighted by Crippen LogP contribution is 2.25. The molecule has 7 heteroatoms. The third-order valence-corrected chi connectivity index (χ3v) is 5.31. The lowest BCUT2D eigenvalue weighted by Gasteiger charge is -2.12. The molecule has 0 bridgehead atoms. The van der Waals surface area contributed by atoms with Crippen LogP contribution in [0.15, 0.2) is 53.7 Å². The van der Waals surface area contributed by atoms with Crippen molar-refractivity contribution in [2.24, 2.45) is 0 Å². The largest absolute Gasteiger partial charge is 0.335 e. The molecule has 0 aliphatic carbocycles. The Morgan fingerprint density at radius 2 is 1.81 bits per heavy atom. The fraction of sp³-hybridized carbons (Fsp3) is 0.250. The molecule has 0 spiro atoms. The average Bonchev–Trinajstić information content (AvgIpc) is 3.03. The van der Waals surface area contributed by atoms with Gasteiger partial charge in [0.1, 0.15) is 0 Å². The van der Waals surface area contributed by atoms with Gasteiger partial charge in [0.2, 0.25) is 11.1 Å². The van der Waals surface area contributed by atoms with Crippen molar-refractivity contribution < 1.29 is 4.79 Å². The van der Waals surface area contributed by atoms with E-state index in [0.717, 1.165) is 23.2 Å². The number of aryl methyl sites for hydroxylation is 2. The maximum absolute atomic E-state index is 12.5. The van der Waals surface area contributed by atoms with Crippen molar-refractivity contribution in [1.82, 2.24) is 14.9 Å². The molecule has 3 N–H and O–H groups in total. The van der Waals surface area contributed by atoms with E-state index in [4.69, 9.17) is 5.84 Å². The van der Waals surface area contributed by atoms with Crippen molar-refractivity contribution in [2.45, 2.75) is 37.6 Å². The third kappa shape index (κ3) is 4.49. The third-order valence-electron chi connectivity index (χ3n) is 4.26. The van der Waals surface area contributed by atoms with Crippen molar-refractivity contribution in [2.75, 3.05) is 11.2 Å². The summed E-state index contributed by atoms with van der Waals surface area (Å²) in [6.45, 7) is 5.94. The second-order valence-corrected chi connectivity index (χ2v) is 7.65. The lowest BCUT2D eigenvalue weighted by atomic mass is 10.1. The number of hydrogen-bond acceptors (Lipinski definition) is 5. The molecular formula is C20H23N5OS. The van der Waals surface area contributed by atoms with Crippen molar-refractivity contribution in [3.8, 4) is 11.4 Å². The summed E-state index contributed by atoms with van der Waals surface area (Å²) in [6, 6.07) is 15.7. The van der Waals surface area contributed by atoms with Crippen LogP contribution in [0.1, 0.15) is 25.0 Å². The first-order valence-electron chi connectivity index (χ1n) is 8.82. The zero-order valence-electron chi connectivity index (χ0n) is 15.6. The minimum absolute atomic E-state index is 0.107. The Kier molecular flexibility index (Phi) is 5.81. The van der Waals surface area contributed by atoms with Gasteiger partial charge in [-0.2, -0.15) is 0 Å². The first-order chi connectivity index (χ1) is 13.0. The van der Waals surface area contributed by atoms with Crippen LogP contribution in [-0.4, -0.2) is 26.0 Å². The van der Waals surface area contributed by atoms with Crippen LogP contribution in [0.3, 0.4) is 0 Å². The van der Waals surface area contributed by atoms with E-state index in [2.05, 4.69) is 22.4 Å². The van der Waals surface area contributed by atoms with Crippen LogP contribution in [0.2, 0.25) is 0 Å². The number of carbonyl (C=O) groups excluding carboxylic acids is 1. The SMILES string of the molecule is CCc1ccc(NC(=O)[C@H](C)Sc2nnc(-c3ccc(C)cc3)n2N)cc1. The van der Waals surface area contributed by atoms with Gasteiger partial charge in [0.15, 0.2) is 5.82 Å². The topological polar surface area (TPSA) is 85.8 Å². The molecule has 27 heavy (non-hydrogen) atoms. The van der Waals surface area contributed by atoms with Gasteiger partial charge in [0.05, 0.1) is 5.25 Å². The molecule has 0 unspecified atom stereocenters. The standard InChI is InChI=1S/C20H23N5OS/c1-4-15-7-11-17(12-8-15)22-19(26)14(3)27-20-24-23-18(25(20)21)16-9-5-13(2)6-10-16/h5-12,14H,4,21H2,1-3H3,(H,22,26)/t14-/m0/s1. The number of nitrogen functional groups attached to an aromatic ring is 1. The summed E-state index contributed by atoms with van der Waals surface area (Å²) in [5, 5.41) is 11.4. The molecule has 3 aromatic rings. The minimum Gasteiger partial charge on any atom is -0.335 e. The van der Waals surface area contributed by atoms with E-state index in [9.17, 15) is 4.79 Å². The molecule has 0 aliphatic heterocycles. The zero-order chi connectivity index (χ0) is 19.4. The van der Waals surface area contributed by atoms with E-state index in [1.54, 1.807) is 0 Å². The van der Waals surface area contributed by atoms with Crippen LogP contribution in [0.4, 0.5) is 5.69 Å². The molecule has 0 saturated heterocycles. The summed E-state index contributed by atoms with van der Waals surface area (Å²) in [5.74, 6) is 6.61. The van der Waals surface area contributed by atoms with Gasteiger partial charge < -0.3 is 11.2 Å². The number of hydrogen-bond donors (Lipinski definition) is 2. The Labute approximate surface area is 163 Å². The molecule has 1 atom stereocenters. The molecule has 3 rings (SSSR count). The van der Waals surface area contributed by atoms with Gasteiger partial charge in [-0.25, -0.2) is 4.68 Å². The Hall–Kier alpha value is -2.80. The number of nitrogens with zero attached hydrogens (tertiary/aromatic N) is 3. The first kappa shape index (κ1) is 19.0. The summed E-state index contributed by atoms with van der Waals surface area (Å²) in [5.41, 5.74) is 4.05. The van der Waals surface area contributed by atoms with Gasteiger partial charge in [-0.15, -0.1) is 10.2 Å². The van der Waals surface area contributed by atoms with Crippen LogP contribution in [0.25, 0.3) is 11.4 Å². The summed E-state index contributed by atoms with van der Waals surface area (Å²) in [6.07, 6.45) is 0.968. The number of benzene rings is 2. The van der Waals surface area contributed by atoms with E-state index in [1.807, 2.05) is 62.4 Å². The monoisotopic (exact) mass is 381 g/mol. The van der Waals surface area contributed by atoms with Crippen LogP contribution in [0.5, 0.6) is 0 Å². The van der Waals surface area contributed by atoms with Gasteiger partial charge in [0, 0.05) is 11.3 Å². The molecule has 1 aromatic heterocycles. The van der Waals surface area contributed by atoms with Crippen molar-refractivity contribution in [3.63, 3.8) is 0 Å². The predicted molar refractivity (Wildman–Crippen MR) is 110 cm³/mol. The van der Waals surface area contributed by atoms with Crippen LogP contribution >= 0.6 is 11.8 Å². The van der Waals surface area contributed by atoms with E-state index < -0.39 is 0 Å². The number of rotatable bonds is 6. The van der Waals surface area contributed by atoms with Gasteiger partial charge in [-0.05, 0) is 38.0 Å². The predicted octanol–water partition coefficient (Wildman–Crippen LogP) is 3.65. The molecule has 6 nitrogen and oxygen atoms in total. The highest BCUT2D eigenvalue weighted by Gasteiger charge is 2.20. The first-order valence-corrected chi connectivity index (χ1v) is 9.70. The lowest BCUT2D eigenvalue weighted by Crippen LogP contribution is -2.23. The number of nitrogens with one attached hydrogen (secondary N) is 1. The number of aromatic nitrogens is 3. The Morgan fingerprint density at radius 3 is 2.44 bits per heavy atom. The summed E-state index contributed by atoms with van der Waals surface area (Å²) in [7, 11) is 0. The zero-order valence-corrected chi connectivity index (χ0v) is 16.5. The average molecular weight is 382 g/mol. The summed E-state index contributed by atoms with van der Waals surface area (Å²) in [4.78, 5) is 12.5. The van der Waals surface area contributed by atoms with Gasteiger partial charge in [-0.1, -0.05) is 60.6 Å². The number of carbonyl (C=O) groups is 1. The van der Waals surface area contributed by atoms with Gasteiger partial charge in [0.25, 0.3) is 0 Å². The van der Waals surface area contributed by atoms with Crippen LogP contribution in [-0.2, 0) is 11.2 Å². The Morgan fingerprint density at radius 1 is 1.15 bits per heavy atom. The second-order valence-electron chi connectivity index (χ2n) is 6.34. The molecule has 0 aliphatic rings. The number of amides is 1. The molecule has 140 valence electrons. The smallest absolute Gasteiger partial charge is 0.237 e. The van der Waals surface area contributed by atoms with Gasteiger partial charge in [-0.3, -0.25) is 4.79 Å². The van der Waals surface area contributed by atoms with Crippen LogP contribution < -0.4 is 11.2 Å². The molecule has 2 aromatic carbocycles. The Balaban J connectivity index is 1.67. The maximum atomic E-state index is 12.5. The minimum atomic E-state index is -0.367. The maximum Gasteiger partial charge on any atom is 0.237 e. The van der Waals surface area contributed by atoms with E-state index >= 15 is 0 Å². The highest BCUT2D eigenvalue weighted by atomic mass is 32.2. The van der Waals surface area contributed by atoms with Crippen molar-refractivity contribution >= 4 is 23.4 Å². The lowest BCUT2D eigenvalue weighted by molar-refractivity contribution is -0.115. The normalized spacial score (nSPS) is 12.0. The quantitative estimate of drug-likeness (QED) is 0.503. The molecular weight excluding hydrogens is 358 g/mol. The molecule has 0 radical (unpaired) electrons. The fourth-order valence-electron chi connectivity index (χ4n) is 2.54. The number of thioether (sulfide) groups is 1. The van der Waals surface area contributed by atoms with E-state index in [1.165, 1.54) is 22.0 Å². The highest BCUT2D eigenvalue weighted by molar-refractivity contribution is 8.00. The number of anilines is 1. The fourth-order valence-corrected chi connectivity index (χ4v) is 3.31. The molecule has 1 heterocycles. The Bertz CT molecular complexity index is 919. The molecule has 1 amide bonds. The summed E-state index contributed by atoms with van der Waals surface area (Å²) >= 11 is 1.28. The van der Waals surface area contributed by atoms with E-state index in [0.29, 0.717) is 11.0 Å². The number of nitrogens with two attached hydrogens (primary N) is 1. The van der Waals surface area contributed by atoms with Gasteiger partial charge >= 0.3 is 0 Å². The van der Waals surface area contributed by atoms with Crippen molar-refractivity contribution in [1.29, 1.82) is 0 Å². The van der Waals surface area contributed by atoms with E-state index in [-0.39, 0.29) is 11.2 Å². The molecule has 0 fully saturated rings.